The van der Waals surface area contributed by atoms with Gasteiger partial charge in [-0.25, -0.2) is 9.97 Å². The standard InChI is InChI=1S/C13H22N4O/c1-3-12-10-17(5-6-18-12)13-15-8-11(9-16-13)7-14-4-2/h8-9,12,14H,3-7,10H2,1-2H3. The molecule has 1 saturated heterocycles. The van der Waals surface area contributed by atoms with Crippen LogP contribution in [0.1, 0.15) is 25.8 Å². The normalized spacial score (nSPS) is 20.1. The van der Waals surface area contributed by atoms with Crippen molar-refractivity contribution in [1.82, 2.24) is 15.3 Å². The Labute approximate surface area is 109 Å². The first-order valence-electron chi connectivity index (χ1n) is 6.71. The Bertz CT molecular complexity index is 355. The van der Waals surface area contributed by atoms with E-state index < -0.39 is 0 Å². The summed E-state index contributed by atoms with van der Waals surface area (Å²) in [7, 11) is 0. The van der Waals surface area contributed by atoms with Crippen LogP contribution < -0.4 is 10.2 Å². The first kappa shape index (κ1) is 13.2. The van der Waals surface area contributed by atoms with Gasteiger partial charge in [0.15, 0.2) is 0 Å². The van der Waals surface area contributed by atoms with Crippen LogP contribution in [-0.2, 0) is 11.3 Å². The molecule has 1 unspecified atom stereocenters. The number of ether oxygens (including phenoxy) is 1. The van der Waals surface area contributed by atoms with E-state index in [0.29, 0.717) is 6.10 Å². The summed E-state index contributed by atoms with van der Waals surface area (Å²) in [6.45, 7) is 8.57. The highest BCUT2D eigenvalue weighted by Crippen LogP contribution is 2.14. The van der Waals surface area contributed by atoms with Crippen LogP contribution in [0.2, 0.25) is 0 Å². The smallest absolute Gasteiger partial charge is 0.225 e. The third-order valence-corrected chi connectivity index (χ3v) is 3.15. The van der Waals surface area contributed by atoms with Gasteiger partial charge < -0.3 is 15.0 Å². The van der Waals surface area contributed by atoms with E-state index in [4.69, 9.17) is 4.74 Å². The lowest BCUT2D eigenvalue weighted by Crippen LogP contribution is -2.43. The molecule has 18 heavy (non-hydrogen) atoms. The Hall–Kier alpha value is -1.20. The first-order valence-corrected chi connectivity index (χ1v) is 6.71. The van der Waals surface area contributed by atoms with Gasteiger partial charge in [0.25, 0.3) is 0 Å². The fourth-order valence-corrected chi connectivity index (χ4v) is 2.02. The Morgan fingerprint density at radius 2 is 2.17 bits per heavy atom. The molecule has 0 amide bonds. The monoisotopic (exact) mass is 250 g/mol. The van der Waals surface area contributed by atoms with Gasteiger partial charge >= 0.3 is 0 Å². The number of nitrogens with one attached hydrogen (secondary N) is 1. The van der Waals surface area contributed by atoms with Crippen molar-refractivity contribution in [3.8, 4) is 0 Å². The van der Waals surface area contributed by atoms with Crippen molar-refractivity contribution < 1.29 is 4.74 Å². The Kier molecular flexibility index (Phi) is 4.90. The zero-order chi connectivity index (χ0) is 12.8. The van der Waals surface area contributed by atoms with Gasteiger partial charge in [-0.3, -0.25) is 0 Å². The minimum absolute atomic E-state index is 0.309. The van der Waals surface area contributed by atoms with E-state index in [1.807, 2.05) is 12.4 Å². The zero-order valence-corrected chi connectivity index (χ0v) is 11.2. The molecule has 0 bridgehead atoms. The first-order chi connectivity index (χ1) is 8.83. The predicted octanol–water partition coefficient (Wildman–Crippen LogP) is 1.20. The van der Waals surface area contributed by atoms with E-state index in [9.17, 15) is 0 Å². The Morgan fingerprint density at radius 1 is 1.39 bits per heavy atom. The molecule has 0 spiro atoms. The summed E-state index contributed by atoms with van der Waals surface area (Å²) in [4.78, 5) is 11.1. The van der Waals surface area contributed by atoms with Crippen molar-refractivity contribution in [2.45, 2.75) is 32.9 Å². The van der Waals surface area contributed by atoms with Gasteiger partial charge in [0, 0.05) is 37.6 Å². The topological polar surface area (TPSA) is 50.3 Å². The van der Waals surface area contributed by atoms with Gasteiger partial charge in [0.05, 0.1) is 12.7 Å². The molecule has 100 valence electrons. The largest absolute Gasteiger partial charge is 0.375 e. The molecular weight excluding hydrogens is 228 g/mol. The summed E-state index contributed by atoms with van der Waals surface area (Å²) in [5, 5.41) is 3.27. The molecule has 1 N–H and O–H groups in total. The van der Waals surface area contributed by atoms with Crippen LogP contribution in [-0.4, -0.2) is 42.3 Å². The summed E-state index contributed by atoms with van der Waals surface area (Å²) < 4.78 is 5.65. The van der Waals surface area contributed by atoms with Crippen molar-refractivity contribution >= 4 is 5.95 Å². The maximum atomic E-state index is 5.65. The Morgan fingerprint density at radius 3 is 2.83 bits per heavy atom. The van der Waals surface area contributed by atoms with Gasteiger partial charge in [-0.05, 0) is 13.0 Å². The summed E-state index contributed by atoms with van der Waals surface area (Å²) >= 11 is 0. The Balaban J connectivity index is 1.96. The maximum Gasteiger partial charge on any atom is 0.225 e. The van der Waals surface area contributed by atoms with Crippen molar-refractivity contribution in [1.29, 1.82) is 0 Å². The average Bonchev–Trinajstić information content (AvgIpc) is 2.46. The predicted molar refractivity (Wildman–Crippen MR) is 71.7 cm³/mol. The van der Waals surface area contributed by atoms with E-state index in [1.54, 1.807) is 0 Å². The number of hydrogen-bond acceptors (Lipinski definition) is 5. The lowest BCUT2D eigenvalue weighted by Gasteiger charge is -2.32. The molecule has 2 rings (SSSR count). The van der Waals surface area contributed by atoms with E-state index in [1.165, 1.54) is 0 Å². The molecule has 0 saturated carbocycles. The minimum Gasteiger partial charge on any atom is -0.375 e. The average molecular weight is 250 g/mol. The molecular formula is C13H22N4O. The molecule has 1 aliphatic rings. The molecule has 1 aromatic rings. The van der Waals surface area contributed by atoms with E-state index in [0.717, 1.165) is 50.7 Å². The molecule has 0 aromatic carbocycles. The van der Waals surface area contributed by atoms with Crippen LogP contribution in [0.5, 0.6) is 0 Å². The number of hydrogen-bond donors (Lipinski definition) is 1. The van der Waals surface area contributed by atoms with Crippen LogP contribution >= 0.6 is 0 Å². The fourth-order valence-electron chi connectivity index (χ4n) is 2.02. The van der Waals surface area contributed by atoms with E-state index >= 15 is 0 Å². The van der Waals surface area contributed by atoms with Crippen molar-refractivity contribution in [2.24, 2.45) is 0 Å². The number of nitrogens with zero attached hydrogens (tertiary/aromatic N) is 3. The summed E-state index contributed by atoms with van der Waals surface area (Å²) in [6.07, 6.45) is 5.15. The molecule has 1 aromatic heterocycles. The molecule has 2 heterocycles. The lowest BCUT2D eigenvalue weighted by atomic mass is 10.2. The van der Waals surface area contributed by atoms with Crippen LogP contribution in [0.3, 0.4) is 0 Å². The molecule has 5 heteroatoms. The SMILES string of the molecule is CCNCc1cnc(N2CCOC(CC)C2)nc1. The van der Waals surface area contributed by atoms with E-state index in [2.05, 4.69) is 34.0 Å². The highest BCUT2D eigenvalue weighted by atomic mass is 16.5. The van der Waals surface area contributed by atoms with Crippen LogP contribution in [0.25, 0.3) is 0 Å². The van der Waals surface area contributed by atoms with Crippen LogP contribution in [0, 0.1) is 0 Å². The van der Waals surface area contributed by atoms with Gasteiger partial charge in [-0.2, -0.15) is 0 Å². The second-order valence-corrected chi connectivity index (χ2v) is 4.52. The second kappa shape index (κ2) is 6.66. The van der Waals surface area contributed by atoms with Crippen LogP contribution in [0.4, 0.5) is 5.95 Å². The highest BCUT2D eigenvalue weighted by Gasteiger charge is 2.20. The molecule has 1 aliphatic heterocycles. The van der Waals surface area contributed by atoms with E-state index in [-0.39, 0.29) is 0 Å². The summed E-state index contributed by atoms with van der Waals surface area (Å²) in [5.74, 6) is 0.817. The number of anilines is 1. The quantitative estimate of drug-likeness (QED) is 0.851. The van der Waals surface area contributed by atoms with Crippen LogP contribution in [0.15, 0.2) is 12.4 Å². The highest BCUT2D eigenvalue weighted by molar-refractivity contribution is 5.30. The molecule has 0 aliphatic carbocycles. The number of rotatable bonds is 5. The second-order valence-electron chi connectivity index (χ2n) is 4.52. The fraction of sp³-hybridized carbons (Fsp3) is 0.692. The molecule has 1 atom stereocenters. The van der Waals surface area contributed by atoms with Gasteiger partial charge in [-0.15, -0.1) is 0 Å². The third-order valence-electron chi connectivity index (χ3n) is 3.15. The van der Waals surface area contributed by atoms with Gasteiger partial charge in [-0.1, -0.05) is 13.8 Å². The van der Waals surface area contributed by atoms with Gasteiger partial charge in [0.2, 0.25) is 5.95 Å². The summed E-state index contributed by atoms with van der Waals surface area (Å²) in [6, 6.07) is 0. The number of aromatic nitrogens is 2. The van der Waals surface area contributed by atoms with Crippen molar-refractivity contribution in [2.75, 3.05) is 31.1 Å². The maximum absolute atomic E-state index is 5.65. The van der Waals surface area contributed by atoms with Crippen molar-refractivity contribution in [3.05, 3.63) is 18.0 Å². The molecule has 5 nitrogen and oxygen atoms in total. The third kappa shape index (κ3) is 3.40. The zero-order valence-electron chi connectivity index (χ0n) is 11.2. The molecule has 0 radical (unpaired) electrons. The minimum atomic E-state index is 0.309. The molecule has 1 fully saturated rings. The summed E-state index contributed by atoms with van der Waals surface area (Å²) in [5.41, 5.74) is 1.13. The number of morpholine rings is 1. The van der Waals surface area contributed by atoms with Gasteiger partial charge in [0.1, 0.15) is 0 Å². The lowest BCUT2D eigenvalue weighted by molar-refractivity contribution is 0.0379. The van der Waals surface area contributed by atoms with Crippen molar-refractivity contribution in [3.63, 3.8) is 0 Å².